The number of halogens is 1. The van der Waals surface area contributed by atoms with E-state index in [1.807, 2.05) is 29.0 Å². The zero-order valence-corrected chi connectivity index (χ0v) is 23.4. The number of amides is 1. The number of hydrogen-bond donors (Lipinski definition) is 2. The molecule has 1 atom stereocenters. The van der Waals surface area contributed by atoms with Crippen molar-refractivity contribution in [2.75, 3.05) is 60.1 Å². The lowest BCUT2D eigenvalue weighted by atomic mass is 9.78. The fraction of sp³-hybridized carbons (Fsp3) is 0.519. The molecule has 1 unspecified atom stereocenters. The Morgan fingerprint density at radius 3 is 2.55 bits per heavy atom. The van der Waals surface area contributed by atoms with Gasteiger partial charge in [0.25, 0.3) is 0 Å². The van der Waals surface area contributed by atoms with E-state index < -0.39 is 16.1 Å². The Morgan fingerprint density at radius 2 is 1.87 bits per heavy atom. The van der Waals surface area contributed by atoms with Crippen LogP contribution in [0, 0.1) is 5.41 Å². The number of fused-ring (bicyclic) bond motifs is 1. The van der Waals surface area contributed by atoms with E-state index in [1.54, 1.807) is 31.4 Å². The number of aliphatic hydroxyl groups is 1. The number of rotatable bonds is 4. The van der Waals surface area contributed by atoms with Crippen LogP contribution in [0.2, 0.25) is 5.02 Å². The Kier molecular flexibility index (Phi) is 9.33. The van der Waals surface area contributed by atoms with Gasteiger partial charge in [0.2, 0.25) is 15.9 Å². The van der Waals surface area contributed by atoms with Crippen LogP contribution in [0.4, 0.5) is 0 Å². The van der Waals surface area contributed by atoms with Crippen molar-refractivity contribution in [3.05, 3.63) is 47.5 Å². The minimum Gasteiger partial charge on any atom is -0.492 e. The van der Waals surface area contributed by atoms with E-state index in [-0.39, 0.29) is 35.1 Å². The van der Waals surface area contributed by atoms with Crippen molar-refractivity contribution < 1.29 is 27.8 Å². The maximum absolute atomic E-state index is 13.2. The minimum absolute atomic E-state index is 0.0265. The highest BCUT2D eigenvalue weighted by molar-refractivity contribution is 7.89. The first kappa shape index (κ1) is 28.8. The smallest absolute Gasteiger partial charge is 0.244 e. The van der Waals surface area contributed by atoms with E-state index in [9.17, 15) is 18.3 Å². The molecule has 2 heterocycles. The molecule has 9 nitrogen and oxygen atoms in total. The van der Waals surface area contributed by atoms with E-state index in [0.29, 0.717) is 57.1 Å². The normalized spacial score (nSPS) is 22.1. The van der Waals surface area contributed by atoms with E-state index in [0.717, 1.165) is 11.1 Å². The largest absolute Gasteiger partial charge is 0.492 e. The molecule has 1 saturated heterocycles. The molecular formula is C27H36ClN3O6S. The van der Waals surface area contributed by atoms with Gasteiger partial charge in [-0.2, -0.15) is 0 Å². The standard InChI is InChI=1S/C27H36ClN3O6S/c1-30-17-23(32)16-29-38(34,35)25-8-5-21(20-3-6-22(28)7-4-20)15-24(25)37-19-27(18-30)10-12-31(13-11-27)26(33)9-14-36-2/h3-8,15,23,29,32H,9-14,16-19H2,1-2H3. The molecule has 4 rings (SSSR count). The average Bonchev–Trinajstić information content (AvgIpc) is 2.89. The van der Waals surface area contributed by atoms with Gasteiger partial charge in [0, 0.05) is 50.3 Å². The summed E-state index contributed by atoms with van der Waals surface area (Å²) in [5.74, 6) is 0.315. The van der Waals surface area contributed by atoms with Crippen LogP contribution in [0.3, 0.4) is 0 Å². The summed E-state index contributed by atoms with van der Waals surface area (Å²) in [5, 5.41) is 11.2. The second kappa shape index (κ2) is 12.3. The summed E-state index contributed by atoms with van der Waals surface area (Å²) in [6, 6.07) is 12.3. The van der Waals surface area contributed by atoms with Crippen molar-refractivity contribution in [3.8, 4) is 16.9 Å². The molecule has 0 bridgehead atoms. The summed E-state index contributed by atoms with van der Waals surface area (Å²) < 4.78 is 40.4. The molecule has 0 aliphatic carbocycles. The topological polar surface area (TPSA) is 108 Å². The Balaban J connectivity index is 1.64. The van der Waals surface area contributed by atoms with Gasteiger partial charge in [0.15, 0.2) is 0 Å². The Bertz CT molecular complexity index is 1220. The van der Waals surface area contributed by atoms with Gasteiger partial charge < -0.3 is 24.4 Å². The summed E-state index contributed by atoms with van der Waals surface area (Å²) >= 11 is 6.05. The van der Waals surface area contributed by atoms with Crippen molar-refractivity contribution in [1.29, 1.82) is 0 Å². The van der Waals surface area contributed by atoms with Crippen LogP contribution in [0.25, 0.3) is 11.1 Å². The highest BCUT2D eigenvalue weighted by Crippen LogP contribution is 2.37. The minimum atomic E-state index is -3.94. The molecule has 0 radical (unpaired) electrons. The van der Waals surface area contributed by atoms with Crippen molar-refractivity contribution >= 4 is 27.5 Å². The van der Waals surface area contributed by atoms with Crippen LogP contribution in [-0.4, -0.2) is 95.4 Å². The highest BCUT2D eigenvalue weighted by Gasteiger charge is 2.39. The third kappa shape index (κ3) is 7.05. The number of carbonyl (C=O) groups is 1. The molecule has 2 aliphatic rings. The van der Waals surface area contributed by atoms with E-state index in [2.05, 4.69) is 4.72 Å². The number of nitrogens with zero attached hydrogens (tertiary/aromatic N) is 2. The van der Waals surface area contributed by atoms with Crippen LogP contribution >= 0.6 is 11.6 Å². The number of sulfonamides is 1. The van der Waals surface area contributed by atoms with Crippen molar-refractivity contribution in [2.24, 2.45) is 5.41 Å². The van der Waals surface area contributed by atoms with Gasteiger partial charge in [-0.3, -0.25) is 4.79 Å². The molecular weight excluding hydrogens is 530 g/mol. The van der Waals surface area contributed by atoms with Crippen LogP contribution in [0.5, 0.6) is 5.75 Å². The number of hydrogen-bond acceptors (Lipinski definition) is 7. The Morgan fingerprint density at radius 1 is 1.18 bits per heavy atom. The number of piperidine rings is 1. The first-order valence-corrected chi connectivity index (χ1v) is 14.6. The van der Waals surface area contributed by atoms with Crippen molar-refractivity contribution in [1.82, 2.24) is 14.5 Å². The van der Waals surface area contributed by atoms with Gasteiger partial charge >= 0.3 is 0 Å². The van der Waals surface area contributed by atoms with Crippen LogP contribution in [0.1, 0.15) is 19.3 Å². The molecule has 208 valence electrons. The fourth-order valence-electron chi connectivity index (χ4n) is 5.17. The second-order valence-electron chi connectivity index (χ2n) is 10.3. The number of likely N-dealkylation sites (tertiary alicyclic amines) is 1. The summed E-state index contributed by atoms with van der Waals surface area (Å²) in [4.78, 5) is 16.5. The molecule has 1 amide bonds. The number of methoxy groups -OCH3 is 1. The molecule has 0 aromatic heterocycles. The van der Waals surface area contributed by atoms with Gasteiger partial charge in [-0.15, -0.1) is 0 Å². The molecule has 11 heteroatoms. The monoisotopic (exact) mass is 565 g/mol. The SMILES string of the molecule is COCCC(=O)N1CCC2(CC1)COc1cc(-c3ccc(Cl)cc3)ccc1S(=O)(=O)NCC(O)CN(C)C2. The first-order valence-electron chi connectivity index (χ1n) is 12.8. The number of nitrogens with one attached hydrogen (secondary N) is 1. The number of aliphatic hydroxyl groups excluding tert-OH is 1. The molecule has 2 aromatic carbocycles. The molecule has 0 saturated carbocycles. The number of carbonyl (C=O) groups excluding carboxylic acids is 1. The number of ether oxygens (including phenoxy) is 2. The third-order valence-corrected chi connectivity index (χ3v) is 8.99. The average molecular weight is 566 g/mol. The maximum Gasteiger partial charge on any atom is 0.244 e. The van der Waals surface area contributed by atoms with Gasteiger partial charge in [-0.05, 0) is 55.3 Å². The lowest BCUT2D eigenvalue weighted by Gasteiger charge is -2.44. The Hall–Kier alpha value is -2.21. The van der Waals surface area contributed by atoms with Gasteiger partial charge in [-0.1, -0.05) is 29.8 Å². The summed E-state index contributed by atoms with van der Waals surface area (Å²) in [7, 11) is -0.445. The molecule has 2 aromatic rings. The van der Waals surface area contributed by atoms with E-state index in [4.69, 9.17) is 21.1 Å². The first-order chi connectivity index (χ1) is 18.1. The predicted molar refractivity (Wildman–Crippen MR) is 146 cm³/mol. The Labute approximate surface area is 229 Å². The summed E-state index contributed by atoms with van der Waals surface area (Å²) in [5.41, 5.74) is 1.36. The summed E-state index contributed by atoms with van der Waals surface area (Å²) in [6.07, 6.45) is 0.865. The molecule has 1 spiro atoms. The number of β-amino-alcohol motifs (C(OH)–C–C–N with tert-alkyl or cyclic N) is 1. The quantitative estimate of drug-likeness (QED) is 0.586. The van der Waals surface area contributed by atoms with Crippen LogP contribution < -0.4 is 9.46 Å². The summed E-state index contributed by atoms with van der Waals surface area (Å²) in [6.45, 7) is 2.67. The second-order valence-corrected chi connectivity index (χ2v) is 12.5. The van der Waals surface area contributed by atoms with E-state index in [1.165, 1.54) is 6.07 Å². The maximum atomic E-state index is 13.2. The van der Waals surface area contributed by atoms with E-state index >= 15 is 0 Å². The number of benzene rings is 2. The zero-order chi connectivity index (χ0) is 27.3. The molecule has 38 heavy (non-hydrogen) atoms. The van der Waals surface area contributed by atoms with Crippen LogP contribution in [-0.2, 0) is 19.6 Å². The lowest BCUT2D eigenvalue weighted by Crippen LogP contribution is -2.51. The third-order valence-electron chi connectivity index (χ3n) is 7.28. The van der Waals surface area contributed by atoms with Crippen LogP contribution in [0.15, 0.2) is 47.4 Å². The number of likely N-dealkylation sites (N-methyl/N-ethyl adjacent to an activating group) is 1. The van der Waals surface area contributed by atoms with Crippen molar-refractivity contribution in [3.63, 3.8) is 0 Å². The fourth-order valence-corrected chi connectivity index (χ4v) is 6.49. The van der Waals surface area contributed by atoms with Gasteiger partial charge in [-0.25, -0.2) is 13.1 Å². The predicted octanol–water partition coefficient (Wildman–Crippen LogP) is 2.62. The molecule has 2 N–H and O–H groups in total. The molecule has 1 fully saturated rings. The molecule has 2 aliphatic heterocycles. The van der Waals surface area contributed by atoms with Crippen molar-refractivity contribution in [2.45, 2.75) is 30.3 Å². The zero-order valence-electron chi connectivity index (χ0n) is 21.9. The van der Waals surface area contributed by atoms with Gasteiger partial charge in [0.1, 0.15) is 10.6 Å². The highest BCUT2D eigenvalue weighted by atomic mass is 35.5. The van der Waals surface area contributed by atoms with Gasteiger partial charge in [0.05, 0.1) is 25.7 Å². The lowest BCUT2D eigenvalue weighted by molar-refractivity contribution is -0.135.